The van der Waals surface area contributed by atoms with E-state index >= 15 is 0 Å². The normalized spacial score (nSPS) is 19.1. The number of alkyl halides is 3. The molecule has 180 valence electrons. The van der Waals surface area contributed by atoms with Crippen molar-refractivity contribution < 1.29 is 38.0 Å². The molecule has 5 N–H and O–H groups in total. The van der Waals surface area contributed by atoms with Gasteiger partial charge in [-0.05, 0) is 41.2 Å². The molecule has 7 nitrogen and oxygen atoms in total. The summed E-state index contributed by atoms with van der Waals surface area (Å²) in [6.07, 6.45) is -8.65. The molecule has 0 saturated heterocycles. The minimum absolute atomic E-state index is 0.0615. The molecule has 0 aromatic heterocycles. The first kappa shape index (κ1) is 24.7. The van der Waals surface area contributed by atoms with Crippen LogP contribution in [0.4, 0.5) is 23.7 Å². The average molecular weight is 468 g/mol. The molecule has 10 heteroatoms. The lowest BCUT2D eigenvalue weighted by Gasteiger charge is -2.26. The quantitative estimate of drug-likeness (QED) is 0.465. The molecule has 0 bridgehead atoms. The van der Waals surface area contributed by atoms with Crippen molar-refractivity contribution in [3.63, 3.8) is 0 Å². The first-order chi connectivity index (χ1) is 15.2. The maximum atomic E-state index is 13.3. The number of nitrogens with one attached hydrogen (secondary N) is 2. The van der Waals surface area contributed by atoms with Gasteiger partial charge in [0.15, 0.2) is 6.10 Å². The standard InChI is InChI=1S/C23H27F3N2O5/c1-22(2,3)12-9-13(20(31)23(24,25)26)19(33-4)15(10-12)28-21(32)27-14-8-11-6-5-7-16(29)17(11)18(14)30/h5-7,9-10,14,18,20,29-31H,8H2,1-4H3,(H2,27,28,32). The molecule has 0 spiro atoms. The van der Waals surface area contributed by atoms with Crippen LogP contribution < -0.4 is 15.4 Å². The molecule has 1 aliphatic carbocycles. The van der Waals surface area contributed by atoms with Gasteiger partial charge in [-0.15, -0.1) is 0 Å². The van der Waals surface area contributed by atoms with Crippen molar-refractivity contribution in [2.45, 2.75) is 57.0 Å². The number of benzene rings is 2. The van der Waals surface area contributed by atoms with Gasteiger partial charge in [-0.1, -0.05) is 32.9 Å². The maximum Gasteiger partial charge on any atom is 0.418 e. The van der Waals surface area contributed by atoms with E-state index in [1.807, 2.05) is 0 Å². The second-order valence-electron chi connectivity index (χ2n) is 9.04. The number of rotatable bonds is 4. The number of urea groups is 1. The van der Waals surface area contributed by atoms with Gasteiger partial charge in [0.1, 0.15) is 17.6 Å². The van der Waals surface area contributed by atoms with E-state index in [-0.39, 0.29) is 23.6 Å². The van der Waals surface area contributed by atoms with Crippen LogP contribution >= 0.6 is 0 Å². The van der Waals surface area contributed by atoms with Gasteiger partial charge >= 0.3 is 12.2 Å². The van der Waals surface area contributed by atoms with Gasteiger partial charge in [0.2, 0.25) is 0 Å². The number of hydrogen-bond donors (Lipinski definition) is 5. The number of ether oxygens (including phenoxy) is 1. The lowest BCUT2D eigenvalue weighted by Crippen LogP contribution is -2.40. The van der Waals surface area contributed by atoms with Crippen LogP contribution in [0.1, 0.15) is 55.2 Å². The summed E-state index contributed by atoms with van der Waals surface area (Å²) >= 11 is 0. The zero-order valence-electron chi connectivity index (χ0n) is 18.6. The van der Waals surface area contributed by atoms with Crippen LogP contribution in [-0.4, -0.2) is 40.7 Å². The van der Waals surface area contributed by atoms with E-state index in [1.54, 1.807) is 32.9 Å². The number of aliphatic hydroxyl groups is 2. The topological polar surface area (TPSA) is 111 Å². The summed E-state index contributed by atoms with van der Waals surface area (Å²) in [5.41, 5.74) is 0.260. The summed E-state index contributed by atoms with van der Waals surface area (Å²) in [4.78, 5) is 12.7. The third-order valence-corrected chi connectivity index (χ3v) is 5.65. The van der Waals surface area contributed by atoms with Crippen LogP contribution in [0.2, 0.25) is 0 Å². The van der Waals surface area contributed by atoms with E-state index in [9.17, 15) is 33.3 Å². The van der Waals surface area contributed by atoms with Crippen LogP contribution in [0, 0.1) is 0 Å². The van der Waals surface area contributed by atoms with Crippen molar-refractivity contribution in [1.29, 1.82) is 0 Å². The third kappa shape index (κ3) is 5.01. The SMILES string of the molecule is COc1c(NC(=O)NC2Cc3cccc(O)c3C2O)cc(C(C)(C)C)cc1C(O)C(F)(F)F. The Morgan fingerprint density at radius 1 is 1.21 bits per heavy atom. The predicted octanol–water partition coefficient (Wildman–Crippen LogP) is 4.07. The summed E-state index contributed by atoms with van der Waals surface area (Å²) in [6, 6.07) is 5.92. The number of fused-ring (bicyclic) bond motifs is 1. The van der Waals surface area contributed by atoms with Crippen molar-refractivity contribution in [2.75, 3.05) is 12.4 Å². The van der Waals surface area contributed by atoms with Crippen molar-refractivity contribution in [3.8, 4) is 11.5 Å². The lowest BCUT2D eigenvalue weighted by atomic mass is 9.84. The highest BCUT2D eigenvalue weighted by molar-refractivity contribution is 5.92. The van der Waals surface area contributed by atoms with Gasteiger partial charge in [-0.25, -0.2) is 4.79 Å². The van der Waals surface area contributed by atoms with Crippen LogP contribution in [-0.2, 0) is 11.8 Å². The smallest absolute Gasteiger partial charge is 0.418 e. The molecule has 3 rings (SSSR count). The minimum Gasteiger partial charge on any atom is -0.508 e. The van der Waals surface area contributed by atoms with E-state index in [2.05, 4.69) is 10.6 Å². The van der Waals surface area contributed by atoms with E-state index in [4.69, 9.17) is 4.74 Å². The zero-order chi connectivity index (χ0) is 24.7. The number of halogens is 3. The molecule has 1 aliphatic rings. The number of methoxy groups -OCH3 is 1. The van der Waals surface area contributed by atoms with Crippen LogP contribution in [0.15, 0.2) is 30.3 Å². The molecular weight excluding hydrogens is 441 g/mol. The molecule has 0 fully saturated rings. The number of carbonyl (C=O) groups is 1. The highest BCUT2D eigenvalue weighted by Crippen LogP contribution is 2.43. The molecule has 2 aromatic carbocycles. The Labute approximate surface area is 189 Å². The summed E-state index contributed by atoms with van der Waals surface area (Å²) in [7, 11) is 1.14. The molecule has 0 saturated carbocycles. The summed E-state index contributed by atoms with van der Waals surface area (Å²) < 4.78 is 45.0. The minimum atomic E-state index is -4.94. The number of phenolic OH excluding ortho intramolecular Hbond substituents is 1. The van der Waals surface area contributed by atoms with Gasteiger partial charge in [-0.3, -0.25) is 0 Å². The maximum absolute atomic E-state index is 13.3. The summed E-state index contributed by atoms with van der Waals surface area (Å²) in [5.74, 6) is -0.411. The number of phenols is 1. The van der Waals surface area contributed by atoms with E-state index in [1.165, 1.54) is 18.2 Å². The zero-order valence-corrected chi connectivity index (χ0v) is 18.6. The van der Waals surface area contributed by atoms with Crippen LogP contribution in [0.5, 0.6) is 11.5 Å². The molecule has 0 radical (unpaired) electrons. The van der Waals surface area contributed by atoms with Gasteiger partial charge < -0.3 is 30.7 Å². The van der Waals surface area contributed by atoms with Crippen molar-refractivity contribution >= 4 is 11.7 Å². The van der Waals surface area contributed by atoms with Gasteiger partial charge in [0.05, 0.1) is 18.8 Å². The molecule has 33 heavy (non-hydrogen) atoms. The number of aliphatic hydroxyl groups excluding tert-OH is 2. The Bertz CT molecular complexity index is 1050. The Morgan fingerprint density at radius 2 is 1.88 bits per heavy atom. The highest BCUT2D eigenvalue weighted by Gasteiger charge is 2.42. The van der Waals surface area contributed by atoms with Crippen molar-refractivity contribution in [3.05, 3.63) is 52.6 Å². The summed E-state index contributed by atoms with van der Waals surface area (Å²) in [5, 5.41) is 35.5. The fourth-order valence-electron chi connectivity index (χ4n) is 3.91. The Balaban J connectivity index is 1.91. The Morgan fingerprint density at radius 3 is 2.42 bits per heavy atom. The van der Waals surface area contributed by atoms with Crippen molar-refractivity contribution in [2.24, 2.45) is 0 Å². The number of anilines is 1. The van der Waals surface area contributed by atoms with E-state index in [0.29, 0.717) is 16.7 Å². The van der Waals surface area contributed by atoms with E-state index in [0.717, 1.165) is 7.11 Å². The number of hydrogen-bond acceptors (Lipinski definition) is 5. The van der Waals surface area contributed by atoms with Gasteiger partial charge in [-0.2, -0.15) is 13.2 Å². The first-order valence-corrected chi connectivity index (χ1v) is 10.3. The molecule has 3 unspecified atom stereocenters. The second kappa shape index (κ2) is 8.75. The molecule has 3 atom stereocenters. The molecule has 2 aromatic rings. The Kier molecular flexibility index (Phi) is 6.54. The molecule has 0 heterocycles. The fraction of sp³-hybridized carbons (Fsp3) is 0.435. The van der Waals surface area contributed by atoms with Crippen molar-refractivity contribution in [1.82, 2.24) is 5.32 Å². The first-order valence-electron chi connectivity index (χ1n) is 10.3. The number of amides is 2. The third-order valence-electron chi connectivity index (χ3n) is 5.65. The molecule has 2 amide bonds. The molecule has 0 aliphatic heterocycles. The average Bonchev–Trinajstić information content (AvgIpc) is 3.01. The van der Waals surface area contributed by atoms with Crippen LogP contribution in [0.3, 0.4) is 0 Å². The Hall–Kier alpha value is -2.98. The number of carbonyl (C=O) groups excluding carboxylic acids is 1. The number of aromatic hydroxyl groups is 1. The monoisotopic (exact) mass is 468 g/mol. The van der Waals surface area contributed by atoms with Crippen LogP contribution in [0.25, 0.3) is 0 Å². The van der Waals surface area contributed by atoms with Gasteiger partial charge in [0, 0.05) is 11.1 Å². The van der Waals surface area contributed by atoms with E-state index < -0.39 is 41.4 Å². The second-order valence-corrected chi connectivity index (χ2v) is 9.04. The van der Waals surface area contributed by atoms with Gasteiger partial charge in [0.25, 0.3) is 0 Å². The predicted molar refractivity (Wildman–Crippen MR) is 115 cm³/mol. The fourth-order valence-corrected chi connectivity index (χ4v) is 3.91. The highest BCUT2D eigenvalue weighted by atomic mass is 19.4. The lowest BCUT2D eigenvalue weighted by molar-refractivity contribution is -0.207. The largest absolute Gasteiger partial charge is 0.508 e. The molecular formula is C23H27F3N2O5. The summed E-state index contributed by atoms with van der Waals surface area (Å²) in [6.45, 7) is 5.34.